The predicted octanol–water partition coefficient (Wildman–Crippen LogP) is 2.66. The summed E-state index contributed by atoms with van der Waals surface area (Å²) in [6.07, 6.45) is 2.53. The monoisotopic (exact) mass is 247 g/mol. The van der Waals surface area contributed by atoms with E-state index in [-0.39, 0.29) is 18.8 Å². The van der Waals surface area contributed by atoms with Crippen LogP contribution >= 0.6 is 0 Å². The van der Waals surface area contributed by atoms with Crippen LogP contribution in [0, 0.1) is 5.92 Å². The van der Waals surface area contributed by atoms with E-state index in [1.165, 1.54) is 0 Å². The third-order valence-corrected chi connectivity index (χ3v) is 4.53. The van der Waals surface area contributed by atoms with E-state index in [0.29, 0.717) is 25.3 Å². The molecule has 2 fully saturated rings. The first-order valence-corrected chi connectivity index (χ1v) is 6.60. The van der Waals surface area contributed by atoms with E-state index >= 15 is 0 Å². The summed E-state index contributed by atoms with van der Waals surface area (Å²) in [6, 6.07) is 0.343. The van der Waals surface area contributed by atoms with E-state index in [9.17, 15) is 13.9 Å². The molecule has 2 nitrogen and oxygen atoms in total. The van der Waals surface area contributed by atoms with Crippen molar-refractivity contribution in [1.82, 2.24) is 4.90 Å². The van der Waals surface area contributed by atoms with Crippen LogP contribution in [-0.2, 0) is 0 Å². The largest absolute Gasteiger partial charge is 0.390 e. The molecule has 1 N–H and O–H groups in total. The Kier molecular flexibility index (Phi) is 3.47. The molecule has 0 spiro atoms. The van der Waals surface area contributed by atoms with Gasteiger partial charge in [0.05, 0.1) is 5.60 Å². The standard InChI is InChI=1S/C13H23F2NO/c1-10-7-12(17,5-6-16(10)2)8-11-3-4-13(14,15)9-11/h10-11,17H,3-9H2,1-2H3. The van der Waals surface area contributed by atoms with E-state index < -0.39 is 11.5 Å². The lowest BCUT2D eigenvalue weighted by Gasteiger charge is -2.42. The average Bonchev–Trinajstić information content (AvgIpc) is 2.52. The van der Waals surface area contributed by atoms with Gasteiger partial charge in [0, 0.05) is 25.4 Å². The zero-order valence-corrected chi connectivity index (χ0v) is 10.8. The highest BCUT2D eigenvalue weighted by molar-refractivity contribution is 4.93. The molecular formula is C13H23F2NO. The van der Waals surface area contributed by atoms with Gasteiger partial charge in [-0.3, -0.25) is 0 Å². The summed E-state index contributed by atoms with van der Waals surface area (Å²) in [5, 5.41) is 10.5. The lowest BCUT2D eigenvalue weighted by molar-refractivity contribution is -0.0565. The zero-order valence-electron chi connectivity index (χ0n) is 10.8. The normalized spacial score (nSPS) is 42.9. The van der Waals surface area contributed by atoms with E-state index in [0.717, 1.165) is 13.0 Å². The lowest BCUT2D eigenvalue weighted by atomic mass is 9.80. The highest BCUT2D eigenvalue weighted by atomic mass is 19.3. The summed E-state index contributed by atoms with van der Waals surface area (Å²) < 4.78 is 26.2. The number of aliphatic hydroxyl groups is 1. The fourth-order valence-electron chi connectivity index (χ4n) is 3.35. The Morgan fingerprint density at radius 1 is 1.29 bits per heavy atom. The Morgan fingerprint density at radius 3 is 2.53 bits per heavy atom. The number of likely N-dealkylation sites (tertiary alicyclic amines) is 1. The van der Waals surface area contributed by atoms with Gasteiger partial charge < -0.3 is 10.0 Å². The summed E-state index contributed by atoms with van der Waals surface area (Å²) in [5.41, 5.74) is -0.711. The van der Waals surface area contributed by atoms with Crippen molar-refractivity contribution >= 4 is 0 Å². The fraction of sp³-hybridized carbons (Fsp3) is 1.00. The molecule has 4 heteroatoms. The van der Waals surface area contributed by atoms with Crippen molar-refractivity contribution in [3.63, 3.8) is 0 Å². The first kappa shape index (κ1) is 13.2. The summed E-state index contributed by atoms with van der Waals surface area (Å²) in [7, 11) is 2.05. The van der Waals surface area contributed by atoms with Crippen molar-refractivity contribution in [1.29, 1.82) is 0 Å². The minimum absolute atomic E-state index is 0.00318. The number of halogens is 2. The number of alkyl halides is 2. The smallest absolute Gasteiger partial charge is 0.248 e. The summed E-state index contributed by atoms with van der Waals surface area (Å²) >= 11 is 0. The second-order valence-electron chi connectivity index (χ2n) is 6.18. The third-order valence-electron chi connectivity index (χ3n) is 4.53. The first-order valence-electron chi connectivity index (χ1n) is 6.60. The molecule has 0 aromatic carbocycles. The fourth-order valence-corrected chi connectivity index (χ4v) is 3.35. The quantitative estimate of drug-likeness (QED) is 0.811. The van der Waals surface area contributed by atoms with Crippen molar-refractivity contribution in [3.8, 4) is 0 Å². The van der Waals surface area contributed by atoms with Gasteiger partial charge in [-0.2, -0.15) is 0 Å². The molecule has 3 unspecified atom stereocenters. The molecule has 0 aromatic heterocycles. The highest BCUT2D eigenvalue weighted by Crippen LogP contribution is 2.44. The van der Waals surface area contributed by atoms with Crippen LogP contribution < -0.4 is 0 Å². The summed E-state index contributed by atoms with van der Waals surface area (Å²) in [4.78, 5) is 2.22. The molecule has 1 saturated heterocycles. The molecule has 2 rings (SSSR count). The molecule has 0 radical (unpaired) electrons. The number of piperidine rings is 1. The topological polar surface area (TPSA) is 23.5 Å². The molecular weight excluding hydrogens is 224 g/mol. The molecule has 0 aromatic rings. The van der Waals surface area contributed by atoms with Crippen LogP contribution in [0.5, 0.6) is 0 Å². The Balaban J connectivity index is 1.90. The molecule has 100 valence electrons. The second kappa shape index (κ2) is 4.47. The molecule has 1 heterocycles. The van der Waals surface area contributed by atoms with Crippen molar-refractivity contribution in [3.05, 3.63) is 0 Å². The van der Waals surface area contributed by atoms with E-state index in [2.05, 4.69) is 11.8 Å². The van der Waals surface area contributed by atoms with Gasteiger partial charge in [-0.25, -0.2) is 8.78 Å². The van der Waals surface area contributed by atoms with Crippen LogP contribution in [0.15, 0.2) is 0 Å². The predicted molar refractivity (Wildman–Crippen MR) is 63.2 cm³/mol. The molecule has 0 amide bonds. The zero-order chi connectivity index (χ0) is 12.7. The van der Waals surface area contributed by atoms with Gasteiger partial charge in [0.1, 0.15) is 0 Å². The minimum atomic E-state index is -2.49. The van der Waals surface area contributed by atoms with Crippen molar-refractivity contribution in [2.75, 3.05) is 13.6 Å². The minimum Gasteiger partial charge on any atom is -0.390 e. The van der Waals surface area contributed by atoms with Crippen molar-refractivity contribution in [2.45, 2.75) is 63.0 Å². The molecule has 0 bridgehead atoms. The number of rotatable bonds is 2. The number of hydrogen-bond acceptors (Lipinski definition) is 2. The molecule has 2 aliphatic rings. The SMILES string of the molecule is CC1CC(O)(CC2CCC(F)(F)C2)CCN1C. The molecule has 1 aliphatic carbocycles. The van der Waals surface area contributed by atoms with Gasteiger partial charge >= 0.3 is 0 Å². The van der Waals surface area contributed by atoms with E-state index in [1.54, 1.807) is 0 Å². The van der Waals surface area contributed by atoms with Gasteiger partial charge in [0.2, 0.25) is 5.92 Å². The van der Waals surface area contributed by atoms with Crippen molar-refractivity contribution < 1.29 is 13.9 Å². The highest BCUT2D eigenvalue weighted by Gasteiger charge is 2.44. The maximum Gasteiger partial charge on any atom is 0.248 e. The lowest BCUT2D eigenvalue weighted by Crippen LogP contribution is -2.48. The van der Waals surface area contributed by atoms with Gasteiger partial charge in [-0.1, -0.05) is 0 Å². The number of nitrogens with zero attached hydrogens (tertiary/aromatic N) is 1. The molecule has 3 atom stereocenters. The maximum absolute atomic E-state index is 13.1. The van der Waals surface area contributed by atoms with Crippen LogP contribution in [0.4, 0.5) is 8.78 Å². The van der Waals surface area contributed by atoms with Crippen LogP contribution in [0.25, 0.3) is 0 Å². The summed E-state index contributed by atoms with van der Waals surface area (Å²) in [5.74, 6) is -2.48. The Hall–Kier alpha value is -0.220. The van der Waals surface area contributed by atoms with Gasteiger partial charge in [-0.15, -0.1) is 0 Å². The number of hydrogen-bond donors (Lipinski definition) is 1. The van der Waals surface area contributed by atoms with Gasteiger partial charge in [-0.05, 0) is 45.6 Å². The Morgan fingerprint density at radius 2 is 2.00 bits per heavy atom. The molecule has 17 heavy (non-hydrogen) atoms. The van der Waals surface area contributed by atoms with Crippen LogP contribution in [0.1, 0.15) is 45.4 Å². The third kappa shape index (κ3) is 3.16. The first-order chi connectivity index (χ1) is 7.80. The molecule has 1 saturated carbocycles. The van der Waals surface area contributed by atoms with Crippen LogP contribution in [0.3, 0.4) is 0 Å². The van der Waals surface area contributed by atoms with Gasteiger partial charge in [0.25, 0.3) is 0 Å². The van der Waals surface area contributed by atoms with E-state index in [4.69, 9.17) is 0 Å². The van der Waals surface area contributed by atoms with Crippen LogP contribution in [-0.4, -0.2) is 41.2 Å². The Labute approximate surface area is 102 Å². The van der Waals surface area contributed by atoms with Crippen molar-refractivity contribution in [2.24, 2.45) is 5.92 Å². The second-order valence-corrected chi connectivity index (χ2v) is 6.18. The summed E-state index contributed by atoms with van der Waals surface area (Å²) in [6.45, 7) is 2.95. The molecule has 1 aliphatic heterocycles. The maximum atomic E-state index is 13.1. The van der Waals surface area contributed by atoms with Gasteiger partial charge in [0.15, 0.2) is 0 Å². The van der Waals surface area contributed by atoms with E-state index in [1.807, 2.05) is 7.05 Å². The van der Waals surface area contributed by atoms with Crippen LogP contribution in [0.2, 0.25) is 0 Å². The average molecular weight is 247 g/mol. The Bertz CT molecular complexity index is 285.